The smallest absolute Gasteiger partial charge is 0.253 e. The van der Waals surface area contributed by atoms with Crippen LogP contribution in [0.3, 0.4) is 0 Å². The monoisotopic (exact) mass is 285 g/mol. The second-order valence-electron chi connectivity index (χ2n) is 4.70. The molecule has 0 fully saturated rings. The summed E-state index contributed by atoms with van der Waals surface area (Å²) in [5.41, 5.74) is 7.91. The van der Waals surface area contributed by atoms with Gasteiger partial charge in [0.1, 0.15) is 6.10 Å². The van der Waals surface area contributed by atoms with Crippen molar-refractivity contribution in [3.63, 3.8) is 0 Å². The van der Waals surface area contributed by atoms with Gasteiger partial charge in [-0.2, -0.15) is 0 Å². The Morgan fingerprint density at radius 2 is 2.05 bits per heavy atom. The van der Waals surface area contributed by atoms with Gasteiger partial charge in [0.2, 0.25) is 0 Å². The molecule has 2 aromatic rings. The number of nitrogens with two attached hydrogens (primary N) is 1. The third kappa shape index (κ3) is 4.89. The normalized spacial score (nSPS) is 11.9. The van der Waals surface area contributed by atoms with Crippen LogP contribution in [0.2, 0.25) is 0 Å². The molecule has 21 heavy (non-hydrogen) atoms. The van der Waals surface area contributed by atoms with Crippen LogP contribution in [0.25, 0.3) is 0 Å². The van der Waals surface area contributed by atoms with Crippen molar-refractivity contribution in [1.82, 2.24) is 4.98 Å². The number of rotatable bonds is 6. The van der Waals surface area contributed by atoms with E-state index in [0.29, 0.717) is 24.4 Å². The topological polar surface area (TPSA) is 77.2 Å². The molecule has 3 N–H and O–H groups in total. The number of carbonyl (C=O) groups is 1. The van der Waals surface area contributed by atoms with E-state index in [1.807, 2.05) is 18.2 Å². The highest BCUT2D eigenvalue weighted by atomic mass is 16.5. The van der Waals surface area contributed by atoms with Gasteiger partial charge in [0.15, 0.2) is 0 Å². The van der Waals surface area contributed by atoms with Crippen LogP contribution < -0.4 is 11.1 Å². The number of nitrogens with one attached hydrogen (secondary N) is 1. The average Bonchev–Trinajstić information content (AvgIpc) is 2.50. The maximum Gasteiger partial charge on any atom is 0.253 e. The third-order valence-electron chi connectivity index (χ3n) is 3.00. The first-order valence-electron chi connectivity index (χ1n) is 6.83. The van der Waals surface area contributed by atoms with E-state index < -0.39 is 6.10 Å². The molecule has 0 spiro atoms. The van der Waals surface area contributed by atoms with Gasteiger partial charge in [-0.25, -0.2) is 0 Å². The molecule has 1 heterocycles. The van der Waals surface area contributed by atoms with Crippen LogP contribution in [0.4, 0.5) is 11.4 Å². The summed E-state index contributed by atoms with van der Waals surface area (Å²) >= 11 is 0. The van der Waals surface area contributed by atoms with E-state index in [2.05, 4.69) is 10.3 Å². The first-order chi connectivity index (χ1) is 10.1. The number of pyridine rings is 1. The number of anilines is 2. The Morgan fingerprint density at radius 1 is 1.29 bits per heavy atom. The van der Waals surface area contributed by atoms with Gasteiger partial charge in [0.05, 0.1) is 6.61 Å². The standard InChI is InChI=1S/C16H19N3O2/c1-12(21-11-9-14-4-2-3-10-18-14)16(20)19-15-7-5-13(17)6-8-15/h2-8,10,12H,9,11,17H2,1H3,(H,19,20). The van der Waals surface area contributed by atoms with Crippen molar-refractivity contribution < 1.29 is 9.53 Å². The molecule has 1 amide bonds. The van der Waals surface area contributed by atoms with Gasteiger partial charge in [0, 0.05) is 29.7 Å². The van der Waals surface area contributed by atoms with Crippen LogP contribution >= 0.6 is 0 Å². The number of hydrogen-bond donors (Lipinski definition) is 2. The predicted molar refractivity (Wildman–Crippen MR) is 82.8 cm³/mol. The number of carbonyl (C=O) groups excluding carboxylic acids is 1. The number of hydrogen-bond acceptors (Lipinski definition) is 4. The molecule has 2 rings (SSSR count). The molecule has 1 atom stereocenters. The zero-order chi connectivity index (χ0) is 15.1. The number of ether oxygens (including phenoxy) is 1. The quantitative estimate of drug-likeness (QED) is 0.798. The second kappa shape index (κ2) is 7.40. The first-order valence-corrected chi connectivity index (χ1v) is 6.83. The fourth-order valence-corrected chi connectivity index (χ4v) is 1.77. The minimum absolute atomic E-state index is 0.180. The van der Waals surface area contributed by atoms with Crippen LogP contribution in [-0.2, 0) is 16.0 Å². The molecule has 0 radical (unpaired) electrons. The summed E-state index contributed by atoms with van der Waals surface area (Å²) in [6, 6.07) is 12.7. The number of benzene rings is 1. The van der Waals surface area contributed by atoms with Gasteiger partial charge in [-0.05, 0) is 43.3 Å². The molecule has 110 valence electrons. The van der Waals surface area contributed by atoms with E-state index in [1.54, 1.807) is 37.4 Å². The van der Waals surface area contributed by atoms with Crippen LogP contribution in [0, 0.1) is 0 Å². The maximum atomic E-state index is 12.0. The van der Waals surface area contributed by atoms with Crippen molar-refractivity contribution in [2.45, 2.75) is 19.4 Å². The van der Waals surface area contributed by atoms with Crippen LogP contribution in [0.5, 0.6) is 0 Å². The Bertz CT molecular complexity index is 570. The number of nitrogens with zero attached hydrogens (tertiary/aromatic N) is 1. The lowest BCUT2D eigenvalue weighted by molar-refractivity contribution is -0.126. The predicted octanol–water partition coefficient (Wildman–Crippen LogP) is 2.25. The van der Waals surface area contributed by atoms with Crippen molar-refractivity contribution in [3.05, 3.63) is 54.4 Å². The van der Waals surface area contributed by atoms with Gasteiger partial charge in [0.25, 0.3) is 5.91 Å². The van der Waals surface area contributed by atoms with Crippen molar-refractivity contribution >= 4 is 17.3 Å². The van der Waals surface area contributed by atoms with Crippen molar-refractivity contribution in [2.75, 3.05) is 17.7 Å². The van der Waals surface area contributed by atoms with Crippen molar-refractivity contribution in [2.24, 2.45) is 0 Å². The highest BCUT2D eigenvalue weighted by Crippen LogP contribution is 2.11. The highest BCUT2D eigenvalue weighted by molar-refractivity contribution is 5.94. The molecule has 0 aliphatic rings. The van der Waals surface area contributed by atoms with E-state index in [1.165, 1.54) is 0 Å². The molecule has 0 bridgehead atoms. The SMILES string of the molecule is CC(OCCc1ccccn1)C(=O)Nc1ccc(N)cc1. The largest absolute Gasteiger partial charge is 0.399 e. The summed E-state index contributed by atoms with van der Waals surface area (Å²) in [6.45, 7) is 2.18. The lowest BCUT2D eigenvalue weighted by Crippen LogP contribution is -2.28. The molecule has 1 aromatic heterocycles. The lowest BCUT2D eigenvalue weighted by Gasteiger charge is -2.13. The lowest BCUT2D eigenvalue weighted by atomic mass is 10.2. The van der Waals surface area contributed by atoms with Crippen LogP contribution in [0.1, 0.15) is 12.6 Å². The molecule has 5 nitrogen and oxygen atoms in total. The van der Waals surface area contributed by atoms with Gasteiger partial charge in [-0.15, -0.1) is 0 Å². The number of amides is 1. The summed E-state index contributed by atoms with van der Waals surface area (Å²) in [7, 11) is 0. The molecule has 0 aliphatic heterocycles. The minimum atomic E-state index is -0.522. The zero-order valence-corrected chi connectivity index (χ0v) is 12.0. The fraction of sp³-hybridized carbons (Fsp3) is 0.250. The summed E-state index contributed by atoms with van der Waals surface area (Å²) in [6.07, 6.45) is 1.90. The highest BCUT2D eigenvalue weighted by Gasteiger charge is 2.13. The zero-order valence-electron chi connectivity index (χ0n) is 12.0. The number of nitrogen functional groups attached to an aromatic ring is 1. The van der Waals surface area contributed by atoms with E-state index in [-0.39, 0.29) is 5.91 Å². The fourth-order valence-electron chi connectivity index (χ4n) is 1.77. The third-order valence-corrected chi connectivity index (χ3v) is 3.00. The Hall–Kier alpha value is -2.40. The van der Waals surface area contributed by atoms with Crippen LogP contribution in [0.15, 0.2) is 48.7 Å². The molecular weight excluding hydrogens is 266 g/mol. The van der Waals surface area contributed by atoms with E-state index in [9.17, 15) is 4.79 Å². The Kier molecular flexibility index (Phi) is 5.29. The van der Waals surface area contributed by atoms with Gasteiger partial charge < -0.3 is 15.8 Å². The van der Waals surface area contributed by atoms with Gasteiger partial charge >= 0.3 is 0 Å². The molecule has 0 aliphatic carbocycles. The summed E-state index contributed by atoms with van der Waals surface area (Å²) in [5.74, 6) is -0.180. The van der Waals surface area contributed by atoms with Crippen molar-refractivity contribution in [1.29, 1.82) is 0 Å². The Labute approximate surface area is 124 Å². The molecule has 0 saturated carbocycles. The van der Waals surface area contributed by atoms with Gasteiger partial charge in [-0.1, -0.05) is 6.07 Å². The number of aromatic nitrogens is 1. The molecule has 1 unspecified atom stereocenters. The molecule has 5 heteroatoms. The van der Waals surface area contributed by atoms with Gasteiger partial charge in [-0.3, -0.25) is 9.78 Å². The summed E-state index contributed by atoms with van der Waals surface area (Å²) in [5, 5.41) is 2.78. The first kappa shape index (κ1) is 15.0. The van der Waals surface area contributed by atoms with Crippen molar-refractivity contribution in [3.8, 4) is 0 Å². The second-order valence-corrected chi connectivity index (χ2v) is 4.70. The van der Waals surface area contributed by atoms with E-state index in [4.69, 9.17) is 10.5 Å². The summed E-state index contributed by atoms with van der Waals surface area (Å²) in [4.78, 5) is 16.2. The maximum absolute atomic E-state index is 12.0. The van der Waals surface area contributed by atoms with E-state index in [0.717, 1.165) is 5.69 Å². The van der Waals surface area contributed by atoms with Crippen LogP contribution in [-0.4, -0.2) is 23.6 Å². The average molecular weight is 285 g/mol. The Morgan fingerprint density at radius 3 is 2.71 bits per heavy atom. The molecular formula is C16H19N3O2. The minimum Gasteiger partial charge on any atom is -0.399 e. The molecule has 1 aromatic carbocycles. The Balaban J connectivity index is 1.76. The summed E-state index contributed by atoms with van der Waals surface area (Å²) < 4.78 is 5.53. The molecule has 0 saturated heterocycles. The van der Waals surface area contributed by atoms with E-state index >= 15 is 0 Å².